The molecule has 2 aromatic rings. The summed E-state index contributed by atoms with van der Waals surface area (Å²) >= 11 is 0. The van der Waals surface area contributed by atoms with E-state index in [4.69, 9.17) is 4.74 Å². The van der Waals surface area contributed by atoms with E-state index < -0.39 is 6.10 Å². The van der Waals surface area contributed by atoms with Gasteiger partial charge in [-0.1, -0.05) is 19.1 Å². The molecule has 142 valence electrons. The number of carbonyl (C=O) groups is 1. The Morgan fingerprint density at radius 3 is 3.00 bits per heavy atom. The van der Waals surface area contributed by atoms with Crippen molar-refractivity contribution in [2.75, 3.05) is 13.7 Å². The van der Waals surface area contributed by atoms with Gasteiger partial charge in [-0.2, -0.15) is 0 Å². The molecule has 0 spiro atoms. The highest BCUT2D eigenvalue weighted by molar-refractivity contribution is 5.89. The highest BCUT2D eigenvalue weighted by Gasteiger charge is 2.53. The third-order valence-electron chi connectivity index (χ3n) is 6.86. The lowest BCUT2D eigenvalue weighted by atomic mass is 9.74. The normalized spacial score (nSPS) is 31.9. The molecule has 1 fully saturated rings. The number of aromatic amines is 1. The number of nitrogens with one attached hydrogen (secondary N) is 1. The van der Waals surface area contributed by atoms with Gasteiger partial charge in [0.1, 0.15) is 5.82 Å². The number of aromatic nitrogens is 1. The minimum Gasteiger partial charge on any atom is -0.466 e. The third-order valence-corrected chi connectivity index (χ3v) is 6.86. The van der Waals surface area contributed by atoms with Crippen molar-refractivity contribution in [3.05, 3.63) is 47.0 Å². The van der Waals surface area contributed by atoms with E-state index in [0.29, 0.717) is 17.5 Å². The van der Waals surface area contributed by atoms with Crippen molar-refractivity contribution < 1.29 is 19.0 Å². The van der Waals surface area contributed by atoms with Gasteiger partial charge in [-0.3, -0.25) is 0 Å². The number of halogens is 1. The van der Waals surface area contributed by atoms with Crippen LogP contribution in [0.2, 0.25) is 0 Å². The summed E-state index contributed by atoms with van der Waals surface area (Å²) in [6, 6.07) is 5.19. The van der Waals surface area contributed by atoms with Gasteiger partial charge in [0.05, 0.1) is 30.3 Å². The number of para-hydroxylation sites is 1. The fraction of sp³-hybridized carbons (Fsp3) is 0.476. The molecule has 1 aromatic carbocycles. The van der Waals surface area contributed by atoms with Crippen LogP contribution in [0.15, 0.2) is 30.0 Å². The highest BCUT2D eigenvalue weighted by Crippen LogP contribution is 2.54. The summed E-state index contributed by atoms with van der Waals surface area (Å²) in [4.78, 5) is 17.9. The molecule has 3 heterocycles. The summed E-state index contributed by atoms with van der Waals surface area (Å²) in [5.41, 5.74) is 3.38. The number of benzene rings is 1. The Balaban J connectivity index is 1.69. The molecule has 3 aliphatic rings. The van der Waals surface area contributed by atoms with E-state index in [1.165, 1.54) is 13.2 Å². The first kappa shape index (κ1) is 16.8. The maximum Gasteiger partial charge on any atom is 0.335 e. The number of methoxy groups -OCH3 is 1. The molecule has 5 rings (SSSR count). The van der Waals surface area contributed by atoms with E-state index in [1.54, 1.807) is 6.07 Å². The zero-order valence-electron chi connectivity index (χ0n) is 15.4. The predicted octanol–water partition coefficient (Wildman–Crippen LogP) is 2.91. The summed E-state index contributed by atoms with van der Waals surface area (Å²) in [7, 11) is 1.40. The zero-order valence-corrected chi connectivity index (χ0v) is 15.4. The monoisotopic (exact) mass is 370 g/mol. The van der Waals surface area contributed by atoms with Crippen molar-refractivity contribution in [3.63, 3.8) is 0 Å². The van der Waals surface area contributed by atoms with Gasteiger partial charge >= 0.3 is 5.97 Å². The first-order valence-corrected chi connectivity index (χ1v) is 9.54. The number of hydrogen-bond donors (Lipinski definition) is 2. The number of esters is 1. The second-order valence-electron chi connectivity index (χ2n) is 8.03. The fourth-order valence-electron chi connectivity index (χ4n) is 5.58. The summed E-state index contributed by atoms with van der Waals surface area (Å²) in [6.07, 6.45) is 2.79. The molecular weight excluding hydrogens is 347 g/mol. The summed E-state index contributed by atoms with van der Waals surface area (Å²) in [5.74, 6) is -0.498. The molecule has 2 aliphatic heterocycles. The Labute approximate surface area is 156 Å². The molecule has 1 saturated carbocycles. The molecule has 5 atom stereocenters. The van der Waals surface area contributed by atoms with Crippen molar-refractivity contribution in [1.29, 1.82) is 0 Å². The number of hydrogen-bond acceptors (Lipinski definition) is 4. The van der Waals surface area contributed by atoms with Crippen molar-refractivity contribution in [1.82, 2.24) is 9.88 Å². The van der Waals surface area contributed by atoms with Crippen LogP contribution in [0.25, 0.3) is 10.9 Å². The van der Waals surface area contributed by atoms with Crippen LogP contribution >= 0.6 is 0 Å². The lowest BCUT2D eigenvalue weighted by molar-refractivity contribution is -0.137. The molecule has 6 heteroatoms. The van der Waals surface area contributed by atoms with Crippen LogP contribution in [0, 0.1) is 23.6 Å². The van der Waals surface area contributed by atoms with E-state index in [0.717, 1.165) is 29.6 Å². The van der Waals surface area contributed by atoms with Gasteiger partial charge in [-0.15, -0.1) is 0 Å². The predicted molar refractivity (Wildman–Crippen MR) is 98.3 cm³/mol. The number of rotatable bonds is 1. The molecule has 1 aliphatic carbocycles. The van der Waals surface area contributed by atoms with Gasteiger partial charge < -0.3 is 19.7 Å². The number of nitrogens with zero attached hydrogens (tertiary/aromatic N) is 1. The van der Waals surface area contributed by atoms with Gasteiger partial charge in [0.25, 0.3) is 0 Å². The first-order chi connectivity index (χ1) is 13.0. The highest BCUT2D eigenvalue weighted by atomic mass is 19.1. The quantitative estimate of drug-likeness (QED) is 0.758. The fourth-order valence-corrected chi connectivity index (χ4v) is 5.58. The number of fused-ring (bicyclic) bond motifs is 7. The molecule has 0 amide bonds. The van der Waals surface area contributed by atoms with E-state index in [-0.39, 0.29) is 35.6 Å². The molecule has 0 radical (unpaired) electrons. The number of aliphatic hydroxyl groups is 1. The molecule has 0 bridgehead atoms. The second-order valence-corrected chi connectivity index (χ2v) is 8.03. The van der Waals surface area contributed by atoms with Gasteiger partial charge in [-0.25, -0.2) is 9.18 Å². The Kier molecular flexibility index (Phi) is 3.63. The third kappa shape index (κ3) is 2.22. The zero-order chi connectivity index (χ0) is 18.9. The summed E-state index contributed by atoms with van der Waals surface area (Å²) in [6.45, 7) is 2.80. The maximum absolute atomic E-state index is 14.4. The number of ether oxygens (including phenoxy) is 1. The van der Waals surface area contributed by atoms with E-state index in [1.807, 2.05) is 19.2 Å². The summed E-state index contributed by atoms with van der Waals surface area (Å²) < 4.78 is 19.4. The Morgan fingerprint density at radius 2 is 2.22 bits per heavy atom. The van der Waals surface area contributed by atoms with Crippen molar-refractivity contribution in [2.24, 2.45) is 17.8 Å². The second kappa shape index (κ2) is 5.83. The minimum absolute atomic E-state index is 0.00565. The largest absolute Gasteiger partial charge is 0.466 e. The topological polar surface area (TPSA) is 65.6 Å². The van der Waals surface area contributed by atoms with E-state index in [9.17, 15) is 14.3 Å². The molecule has 5 nitrogen and oxygen atoms in total. The van der Waals surface area contributed by atoms with Crippen molar-refractivity contribution >= 4 is 16.9 Å². The first-order valence-electron chi connectivity index (χ1n) is 9.54. The van der Waals surface area contributed by atoms with Crippen LogP contribution in [0.3, 0.4) is 0 Å². The molecule has 1 aromatic heterocycles. The smallest absolute Gasteiger partial charge is 0.335 e. The average molecular weight is 370 g/mol. The van der Waals surface area contributed by atoms with Gasteiger partial charge in [0.2, 0.25) is 0 Å². The van der Waals surface area contributed by atoms with Gasteiger partial charge in [-0.05, 0) is 36.3 Å². The van der Waals surface area contributed by atoms with Crippen LogP contribution in [0.1, 0.15) is 30.6 Å². The Morgan fingerprint density at radius 1 is 1.41 bits per heavy atom. The molecular formula is C21H23FN2O3. The van der Waals surface area contributed by atoms with Crippen LogP contribution in [0.4, 0.5) is 4.39 Å². The molecule has 0 unspecified atom stereocenters. The Hall–Kier alpha value is -2.34. The SMILES string of the molecule is COC(=O)C1=CN2CCc3c([nH]c4c(F)cccc34)[C@@H]2[C@@H]2[C@@H](C)[C@@H](O)C[C@H]12. The lowest BCUT2D eigenvalue weighted by Gasteiger charge is -2.46. The van der Waals surface area contributed by atoms with Crippen LogP contribution < -0.4 is 0 Å². The Bertz CT molecular complexity index is 966. The number of carbonyl (C=O) groups excluding carboxylic acids is 1. The summed E-state index contributed by atoms with van der Waals surface area (Å²) in [5, 5.41) is 11.5. The van der Waals surface area contributed by atoms with Crippen LogP contribution in [-0.2, 0) is 16.0 Å². The standard InChI is InChI=1S/C21H23FN2O3/c1-10-16(25)8-13-14(21(26)27-2)9-24-7-6-12-11-4-3-5-15(22)18(11)23-19(12)20(24)17(10)13/h3-5,9-10,13,16-17,20,23,25H,6-8H2,1-2H3/t10-,13+,16-,17+,20-/m0/s1. The van der Waals surface area contributed by atoms with Crippen molar-refractivity contribution in [3.8, 4) is 0 Å². The van der Waals surface area contributed by atoms with Crippen LogP contribution in [-0.4, -0.2) is 40.7 Å². The lowest BCUT2D eigenvalue weighted by Crippen LogP contribution is -2.44. The van der Waals surface area contributed by atoms with E-state index in [2.05, 4.69) is 9.88 Å². The molecule has 27 heavy (non-hydrogen) atoms. The minimum atomic E-state index is -0.459. The maximum atomic E-state index is 14.4. The van der Waals surface area contributed by atoms with Gasteiger partial charge in [0.15, 0.2) is 0 Å². The average Bonchev–Trinajstić information content (AvgIpc) is 3.19. The number of H-pyrrole nitrogens is 1. The molecule has 0 saturated heterocycles. The number of aliphatic hydroxyl groups excluding tert-OH is 1. The van der Waals surface area contributed by atoms with Crippen molar-refractivity contribution in [2.45, 2.75) is 31.9 Å². The van der Waals surface area contributed by atoms with Gasteiger partial charge in [0, 0.05) is 29.7 Å². The van der Waals surface area contributed by atoms with Crippen LogP contribution in [0.5, 0.6) is 0 Å². The van der Waals surface area contributed by atoms with E-state index >= 15 is 0 Å². The molecule has 2 N–H and O–H groups in total.